The van der Waals surface area contributed by atoms with Crippen LogP contribution < -0.4 is 10.1 Å². The fraction of sp³-hybridized carbons (Fsp3) is 0.500. The molecule has 0 aliphatic carbocycles. The van der Waals surface area contributed by atoms with Gasteiger partial charge in [0.05, 0.1) is 11.6 Å². The van der Waals surface area contributed by atoms with Gasteiger partial charge in [0.15, 0.2) is 0 Å². The molecule has 4 heteroatoms. The fourth-order valence-electron chi connectivity index (χ4n) is 1.40. The lowest BCUT2D eigenvalue weighted by molar-refractivity contribution is 0.412. The van der Waals surface area contributed by atoms with E-state index in [1.807, 2.05) is 6.07 Å². The van der Waals surface area contributed by atoms with Gasteiger partial charge >= 0.3 is 0 Å². The van der Waals surface area contributed by atoms with Gasteiger partial charge in [-0.15, -0.1) is 11.6 Å². The van der Waals surface area contributed by atoms with Crippen LogP contribution in [0.3, 0.4) is 0 Å². The van der Waals surface area contributed by atoms with Gasteiger partial charge < -0.3 is 10.1 Å². The number of rotatable bonds is 7. The van der Waals surface area contributed by atoms with Gasteiger partial charge in [0.25, 0.3) is 0 Å². The molecule has 0 saturated carbocycles. The number of ether oxygens (including phenoxy) is 1. The van der Waals surface area contributed by atoms with Crippen LogP contribution in [0.2, 0.25) is 0 Å². The monoisotopic (exact) mass is 305 g/mol. The predicted molar refractivity (Wildman–Crippen MR) is 72.4 cm³/mol. The second-order valence-corrected chi connectivity index (χ2v) is 4.77. The van der Waals surface area contributed by atoms with Crippen molar-refractivity contribution in [3.63, 3.8) is 0 Å². The van der Waals surface area contributed by atoms with E-state index in [1.165, 1.54) is 5.56 Å². The lowest BCUT2D eigenvalue weighted by atomic mass is 10.2. The Balaban J connectivity index is 2.34. The van der Waals surface area contributed by atoms with E-state index in [9.17, 15) is 0 Å². The van der Waals surface area contributed by atoms with Crippen molar-refractivity contribution in [3.8, 4) is 5.75 Å². The van der Waals surface area contributed by atoms with Gasteiger partial charge in [0.1, 0.15) is 5.75 Å². The van der Waals surface area contributed by atoms with Crippen molar-refractivity contribution >= 4 is 27.5 Å². The minimum Gasteiger partial charge on any atom is -0.496 e. The number of hydrogen-bond acceptors (Lipinski definition) is 2. The quantitative estimate of drug-likeness (QED) is 0.614. The summed E-state index contributed by atoms with van der Waals surface area (Å²) in [5.74, 6) is 1.61. The molecule has 0 radical (unpaired) electrons. The van der Waals surface area contributed by atoms with Gasteiger partial charge in [-0.1, -0.05) is 6.07 Å². The molecule has 1 rings (SSSR count). The topological polar surface area (TPSA) is 21.3 Å². The second kappa shape index (κ2) is 7.93. The number of halogens is 2. The molecule has 90 valence electrons. The van der Waals surface area contributed by atoms with Crippen LogP contribution in [0.1, 0.15) is 18.4 Å². The maximum absolute atomic E-state index is 5.60. The van der Waals surface area contributed by atoms with E-state index < -0.39 is 0 Å². The molecule has 1 aromatic carbocycles. The number of methoxy groups -OCH3 is 1. The average molecular weight is 307 g/mol. The van der Waals surface area contributed by atoms with Gasteiger partial charge in [-0.05, 0) is 53.0 Å². The summed E-state index contributed by atoms with van der Waals surface area (Å²) in [5, 5.41) is 3.38. The zero-order valence-corrected chi connectivity index (χ0v) is 11.8. The lowest BCUT2D eigenvalue weighted by Gasteiger charge is -2.07. The van der Waals surface area contributed by atoms with Crippen LogP contribution in [-0.4, -0.2) is 19.5 Å². The number of unbranched alkanes of at least 4 members (excludes halogenated alkanes) is 1. The molecule has 2 nitrogen and oxygen atoms in total. The first-order valence-corrected chi connectivity index (χ1v) is 6.69. The summed E-state index contributed by atoms with van der Waals surface area (Å²) < 4.78 is 6.17. The molecule has 0 aliphatic heterocycles. The van der Waals surface area contributed by atoms with Crippen LogP contribution in [0, 0.1) is 0 Å². The maximum atomic E-state index is 5.60. The summed E-state index contributed by atoms with van der Waals surface area (Å²) >= 11 is 9.07. The molecule has 0 unspecified atom stereocenters. The smallest absolute Gasteiger partial charge is 0.133 e. The van der Waals surface area contributed by atoms with Gasteiger partial charge in [-0.3, -0.25) is 0 Å². The van der Waals surface area contributed by atoms with Crippen molar-refractivity contribution in [2.24, 2.45) is 0 Å². The fourth-order valence-corrected chi connectivity index (χ4v) is 2.17. The Bertz CT molecular complexity index is 320. The van der Waals surface area contributed by atoms with E-state index in [1.54, 1.807) is 7.11 Å². The van der Waals surface area contributed by atoms with Crippen LogP contribution in [0.25, 0.3) is 0 Å². The summed E-state index contributed by atoms with van der Waals surface area (Å²) in [5.41, 5.74) is 1.25. The highest BCUT2D eigenvalue weighted by molar-refractivity contribution is 9.10. The predicted octanol–water partition coefficient (Wildman–Crippen LogP) is 3.57. The first-order chi connectivity index (χ1) is 7.77. The van der Waals surface area contributed by atoms with Crippen LogP contribution >= 0.6 is 27.5 Å². The molecule has 0 atom stereocenters. The van der Waals surface area contributed by atoms with Crippen LogP contribution in [0.5, 0.6) is 5.75 Å². The summed E-state index contributed by atoms with van der Waals surface area (Å²) in [6.07, 6.45) is 2.20. The summed E-state index contributed by atoms with van der Waals surface area (Å²) in [4.78, 5) is 0. The first-order valence-electron chi connectivity index (χ1n) is 5.37. The Morgan fingerprint density at radius 1 is 1.38 bits per heavy atom. The molecule has 16 heavy (non-hydrogen) atoms. The molecular weight excluding hydrogens is 289 g/mol. The van der Waals surface area contributed by atoms with E-state index >= 15 is 0 Å². The van der Waals surface area contributed by atoms with Crippen LogP contribution in [0.4, 0.5) is 0 Å². The van der Waals surface area contributed by atoms with E-state index in [2.05, 4.69) is 33.4 Å². The number of hydrogen-bond donors (Lipinski definition) is 1. The Kier molecular flexibility index (Phi) is 6.85. The third kappa shape index (κ3) is 4.73. The molecular formula is C12H17BrClNO. The molecule has 1 aromatic rings. The SMILES string of the molecule is COc1ccc(CNCCCCCl)cc1Br. The number of alkyl halides is 1. The third-order valence-corrected chi connectivity index (χ3v) is 3.17. The van der Waals surface area contributed by atoms with Gasteiger partial charge in [0, 0.05) is 12.4 Å². The minimum atomic E-state index is 0.746. The van der Waals surface area contributed by atoms with Crippen molar-refractivity contribution in [2.75, 3.05) is 19.5 Å². The van der Waals surface area contributed by atoms with Gasteiger partial charge in [0.2, 0.25) is 0 Å². The summed E-state index contributed by atoms with van der Waals surface area (Å²) in [6.45, 7) is 1.89. The first kappa shape index (κ1) is 13.8. The third-order valence-electron chi connectivity index (χ3n) is 2.28. The normalized spacial score (nSPS) is 10.4. The molecule has 0 saturated heterocycles. The largest absolute Gasteiger partial charge is 0.496 e. The average Bonchev–Trinajstić information content (AvgIpc) is 2.29. The molecule has 0 fully saturated rings. The zero-order chi connectivity index (χ0) is 11.8. The minimum absolute atomic E-state index is 0.746. The van der Waals surface area contributed by atoms with E-state index in [-0.39, 0.29) is 0 Å². The van der Waals surface area contributed by atoms with Gasteiger partial charge in [-0.25, -0.2) is 0 Å². The van der Waals surface area contributed by atoms with E-state index in [0.29, 0.717) is 0 Å². The molecule has 0 amide bonds. The standard InChI is InChI=1S/C12H17BrClNO/c1-16-12-5-4-10(8-11(12)13)9-15-7-3-2-6-14/h4-5,8,15H,2-3,6-7,9H2,1H3. The van der Waals surface area contributed by atoms with Crippen molar-refractivity contribution < 1.29 is 4.74 Å². The van der Waals surface area contributed by atoms with Crippen molar-refractivity contribution in [1.29, 1.82) is 0 Å². The van der Waals surface area contributed by atoms with Crippen molar-refractivity contribution in [3.05, 3.63) is 28.2 Å². The lowest BCUT2D eigenvalue weighted by Crippen LogP contribution is -2.14. The Labute approximate surface area is 110 Å². The number of benzene rings is 1. The Morgan fingerprint density at radius 3 is 2.81 bits per heavy atom. The summed E-state index contributed by atoms with van der Waals surface area (Å²) in [7, 11) is 1.67. The highest BCUT2D eigenvalue weighted by Gasteiger charge is 2.00. The highest BCUT2D eigenvalue weighted by Crippen LogP contribution is 2.25. The Hall–Kier alpha value is -0.250. The maximum Gasteiger partial charge on any atom is 0.133 e. The molecule has 0 aliphatic rings. The Morgan fingerprint density at radius 2 is 2.19 bits per heavy atom. The van der Waals surface area contributed by atoms with Crippen molar-refractivity contribution in [2.45, 2.75) is 19.4 Å². The van der Waals surface area contributed by atoms with Crippen LogP contribution in [0.15, 0.2) is 22.7 Å². The molecule has 0 spiro atoms. The van der Waals surface area contributed by atoms with Gasteiger partial charge in [-0.2, -0.15) is 0 Å². The molecule has 1 N–H and O–H groups in total. The van der Waals surface area contributed by atoms with Crippen LogP contribution in [-0.2, 0) is 6.54 Å². The zero-order valence-electron chi connectivity index (χ0n) is 9.43. The summed E-state index contributed by atoms with van der Waals surface area (Å²) in [6, 6.07) is 6.12. The van der Waals surface area contributed by atoms with Crippen molar-refractivity contribution in [1.82, 2.24) is 5.32 Å². The molecule has 0 heterocycles. The van der Waals surface area contributed by atoms with E-state index in [0.717, 1.165) is 42.0 Å². The second-order valence-electron chi connectivity index (χ2n) is 3.54. The molecule has 0 bridgehead atoms. The highest BCUT2D eigenvalue weighted by atomic mass is 79.9. The number of nitrogens with one attached hydrogen (secondary N) is 1. The molecule has 0 aromatic heterocycles. The van der Waals surface area contributed by atoms with E-state index in [4.69, 9.17) is 16.3 Å².